The quantitative estimate of drug-likeness (QED) is 0.922. The minimum atomic E-state index is -0.469. The third-order valence-electron chi connectivity index (χ3n) is 3.97. The number of carbonyl (C=O) groups excluding carboxylic acids is 1. The Morgan fingerprint density at radius 3 is 2.52 bits per heavy atom. The topological polar surface area (TPSA) is 59.0 Å². The molecule has 0 unspecified atom stereocenters. The van der Waals surface area contributed by atoms with Crippen molar-refractivity contribution in [2.45, 2.75) is 58.3 Å². The third-order valence-corrected chi connectivity index (χ3v) is 3.97. The van der Waals surface area contributed by atoms with Gasteiger partial charge in [0.15, 0.2) is 0 Å². The standard InChI is InChI=1S/C18H27NO4/c1-17(2,3)23-16(21)19-10-8-18(4,9-11-19)22-13-14-6-5-7-15(20)12-14/h5-7,12,20H,8-11,13H2,1-4H3. The van der Waals surface area contributed by atoms with Gasteiger partial charge in [-0.1, -0.05) is 12.1 Å². The number of hydrogen-bond acceptors (Lipinski definition) is 4. The van der Waals surface area contributed by atoms with Crippen LogP contribution in [0.3, 0.4) is 0 Å². The molecule has 5 nitrogen and oxygen atoms in total. The molecular weight excluding hydrogens is 294 g/mol. The molecule has 1 aliphatic rings. The molecule has 1 fully saturated rings. The molecule has 0 aliphatic carbocycles. The highest BCUT2D eigenvalue weighted by molar-refractivity contribution is 5.68. The lowest BCUT2D eigenvalue weighted by Crippen LogP contribution is -2.47. The van der Waals surface area contributed by atoms with Crippen molar-refractivity contribution in [2.75, 3.05) is 13.1 Å². The molecule has 0 spiro atoms. The molecule has 0 saturated carbocycles. The summed E-state index contributed by atoms with van der Waals surface area (Å²) in [5, 5.41) is 9.49. The van der Waals surface area contributed by atoms with Crippen molar-refractivity contribution >= 4 is 6.09 Å². The molecule has 1 heterocycles. The van der Waals surface area contributed by atoms with Gasteiger partial charge >= 0.3 is 6.09 Å². The smallest absolute Gasteiger partial charge is 0.410 e. The maximum atomic E-state index is 12.1. The van der Waals surface area contributed by atoms with E-state index < -0.39 is 5.60 Å². The van der Waals surface area contributed by atoms with Gasteiger partial charge in [-0.25, -0.2) is 4.79 Å². The van der Waals surface area contributed by atoms with Gasteiger partial charge in [0.25, 0.3) is 0 Å². The number of hydrogen-bond donors (Lipinski definition) is 1. The van der Waals surface area contributed by atoms with Crippen LogP contribution < -0.4 is 0 Å². The van der Waals surface area contributed by atoms with Crippen LogP contribution in [0.1, 0.15) is 46.1 Å². The number of phenolic OH excluding ortho intramolecular Hbond substituents is 1. The van der Waals surface area contributed by atoms with E-state index >= 15 is 0 Å². The average molecular weight is 321 g/mol. The van der Waals surface area contributed by atoms with Crippen molar-refractivity contribution < 1.29 is 19.4 Å². The summed E-state index contributed by atoms with van der Waals surface area (Å²) in [5.41, 5.74) is 0.217. The first kappa shape index (κ1) is 17.6. The highest BCUT2D eigenvalue weighted by Crippen LogP contribution is 2.28. The molecule has 0 aromatic heterocycles. The highest BCUT2D eigenvalue weighted by atomic mass is 16.6. The van der Waals surface area contributed by atoms with Crippen LogP contribution in [-0.2, 0) is 16.1 Å². The van der Waals surface area contributed by atoms with Gasteiger partial charge in [-0.2, -0.15) is 0 Å². The summed E-state index contributed by atoms with van der Waals surface area (Å²) in [6.07, 6.45) is 1.28. The molecule has 2 rings (SSSR count). The first-order valence-corrected chi connectivity index (χ1v) is 8.07. The van der Waals surface area contributed by atoms with Gasteiger partial charge in [-0.05, 0) is 58.2 Å². The lowest BCUT2D eigenvalue weighted by Gasteiger charge is -2.39. The Morgan fingerprint density at radius 2 is 1.96 bits per heavy atom. The molecule has 0 bridgehead atoms. The fraction of sp³-hybridized carbons (Fsp3) is 0.611. The van der Waals surface area contributed by atoms with Crippen LogP contribution in [0.5, 0.6) is 5.75 Å². The summed E-state index contributed by atoms with van der Waals surface area (Å²) in [6, 6.07) is 7.09. The van der Waals surface area contributed by atoms with E-state index in [0.717, 1.165) is 18.4 Å². The van der Waals surface area contributed by atoms with Gasteiger partial charge in [-0.15, -0.1) is 0 Å². The van der Waals surface area contributed by atoms with Crippen molar-refractivity contribution in [3.63, 3.8) is 0 Å². The molecule has 0 radical (unpaired) electrons. The Bertz CT molecular complexity index is 542. The minimum absolute atomic E-state index is 0.246. The van der Waals surface area contributed by atoms with Gasteiger partial charge in [0.05, 0.1) is 12.2 Å². The molecule has 1 N–H and O–H groups in total. The average Bonchev–Trinajstić information content (AvgIpc) is 2.44. The predicted molar refractivity (Wildman–Crippen MR) is 88.3 cm³/mol. The normalized spacial score (nSPS) is 17.8. The Labute approximate surface area is 138 Å². The minimum Gasteiger partial charge on any atom is -0.508 e. The molecule has 128 valence electrons. The lowest BCUT2D eigenvalue weighted by atomic mass is 9.93. The van der Waals surface area contributed by atoms with E-state index in [1.165, 1.54) is 0 Å². The van der Waals surface area contributed by atoms with Gasteiger partial charge < -0.3 is 19.5 Å². The van der Waals surface area contributed by atoms with Crippen molar-refractivity contribution in [2.24, 2.45) is 0 Å². The van der Waals surface area contributed by atoms with Crippen molar-refractivity contribution in [3.05, 3.63) is 29.8 Å². The van der Waals surface area contributed by atoms with Gasteiger partial charge in [0.1, 0.15) is 11.4 Å². The first-order valence-electron chi connectivity index (χ1n) is 8.07. The number of amides is 1. The lowest BCUT2D eigenvalue weighted by molar-refractivity contribution is -0.0812. The van der Waals surface area contributed by atoms with Crippen molar-refractivity contribution in [1.82, 2.24) is 4.90 Å². The number of benzene rings is 1. The Morgan fingerprint density at radius 1 is 1.30 bits per heavy atom. The van der Waals surface area contributed by atoms with E-state index in [-0.39, 0.29) is 17.4 Å². The summed E-state index contributed by atoms with van der Waals surface area (Å²) in [6.45, 7) is 9.41. The van der Waals surface area contributed by atoms with E-state index in [9.17, 15) is 9.90 Å². The van der Waals surface area contributed by atoms with E-state index in [1.807, 2.05) is 32.9 Å². The monoisotopic (exact) mass is 321 g/mol. The Kier molecular flexibility index (Phi) is 5.19. The van der Waals surface area contributed by atoms with Gasteiger partial charge in [-0.3, -0.25) is 0 Å². The molecular formula is C18H27NO4. The fourth-order valence-corrected chi connectivity index (χ4v) is 2.54. The fourth-order valence-electron chi connectivity index (χ4n) is 2.54. The van der Waals surface area contributed by atoms with Crippen molar-refractivity contribution in [1.29, 1.82) is 0 Å². The Balaban J connectivity index is 1.83. The molecule has 0 atom stereocenters. The zero-order valence-electron chi connectivity index (χ0n) is 14.5. The van der Waals surface area contributed by atoms with Crippen LogP contribution >= 0.6 is 0 Å². The van der Waals surface area contributed by atoms with E-state index in [1.54, 1.807) is 17.0 Å². The molecule has 1 aromatic rings. The zero-order chi connectivity index (χ0) is 17.1. The largest absolute Gasteiger partial charge is 0.508 e. The van der Waals surface area contributed by atoms with Crippen LogP contribution in [-0.4, -0.2) is 40.4 Å². The van der Waals surface area contributed by atoms with Crippen molar-refractivity contribution in [3.8, 4) is 5.75 Å². The number of likely N-dealkylation sites (tertiary alicyclic amines) is 1. The number of nitrogens with zero attached hydrogens (tertiary/aromatic N) is 1. The highest BCUT2D eigenvalue weighted by Gasteiger charge is 2.34. The second kappa shape index (κ2) is 6.79. The van der Waals surface area contributed by atoms with Crippen LogP contribution in [0.4, 0.5) is 4.79 Å². The molecule has 23 heavy (non-hydrogen) atoms. The predicted octanol–water partition coefficient (Wildman–Crippen LogP) is 3.70. The van der Waals surface area contributed by atoms with E-state index in [2.05, 4.69) is 6.92 Å². The second-order valence-corrected chi connectivity index (χ2v) is 7.38. The number of carbonyl (C=O) groups is 1. The molecule has 1 aromatic carbocycles. The third kappa shape index (κ3) is 5.43. The Hall–Kier alpha value is -1.75. The number of aromatic hydroxyl groups is 1. The maximum Gasteiger partial charge on any atom is 0.410 e. The van der Waals surface area contributed by atoms with E-state index in [4.69, 9.17) is 9.47 Å². The van der Waals surface area contributed by atoms with Crippen LogP contribution in [0.2, 0.25) is 0 Å². The number of phenols is 1. The van der Waals surface area contributed by atoms with Crippen LogP contribution in [0.25, 0.3) is 0 Å². The van der Waals surface area contributed by atoms with Gasteiger partial charge in [0, 0.05) is 13.1 Å². The van der Waals surface area contributed by atoms with E-state index in [0.29, 0.717) is 19.7 Å². The zero-order valence-corrected chi connectivity index (χ0v) is 14.5. The van der Waals surface area contributed by atoms with Crippen LogP contribution in [0.15, 0.2) is 24.3 Å². The number of rotatable bonds is 3. The van der Waals surface area contributed by atoms with Crippen LogP contribution in [0, 0.1) is 0 Å². The molecule has 1 amide bonds. The summed E-state index contributed by atoms with van der Waals surface area (Å²) < 4.78 is 11.5. The molecule has 1 saturated heterocycles. The number of ether oxygens (including phenoxy) is 2. The summed E-state index contributed by atoms with van der Waals surface area (Å²) in [5.74, 6) is 0.246. The summed E-state index contributed by atoms with van der Waals surface area (Å²) in [4.78, 5) is 13.8. The summed E-state index contributed by atoms with van der Waals surface area (Å²) >= 11 is 0. The molecule has 1 aliphatic heterocycles. The number of piperidine rings is 1. The summed E-state index contributed by atoms with van der Waals surface area (Å²) in [7, 11) is 0. The second-order valence-electron chi connectivity index (χ2n) is 7.38. The van der Waals surface area contributed by atoms with Gasteiger partial charge in [0.2, 0.25) is 0 Å². The first-order chi connectivity index (χ1) is 10.7. The molecule has 5 heteroatoms. The maximum absolute atomic E-state index is 12.1. The SMILES string of the molecule is CC(C)(C)OC(=O)N1CCC(C)(OCc2cccc(O)c2)CC1.